The summed E-state index contributed by atoms with van der Waals surface area (Å²) in [6.45, 7) is 4.50. The second-order valence-corrected chi connectivity index (χ2v) is 6.45. The number of aromatic nitrogens is 3. The van der Waals surface area contributed by atoms with Crippen molar-refractivity contribution in [3.8, 4) is 11.8 Å². The van der Waals surface area contributed by atoms with E-state index in [0.717, 1.165) is 12.6 Å². The molecule has 1 aliphatic rings. The van der Waals surface area contributed by atoms with Crippen LogP contribution in [-0.4, -0.2) is 31.8 Å². The lowest BCUT2D eigenvalue weighted by atomic mass is 10.0. The zero-order valence-corrected chi connectivity index (χ0v) is 16.6. The molecule has 0 saturated carbocycles. The Hall–Kier alpha value is -2.28. The van der Waals surface area contributed by atoms with Gasteiger partial charge in [-0.2, -0.15) is 4.98 Å². The minimum absolute atomic E-state index is 0.0665. The molecule has 0 atom stereocenters. The number of alkyl halides is 1. The molecule has 135 valence electrons. The third-order valence-electron chi connectivity index (χ3n) is 3.90. The Kier molecular flexibility index (Phi) is 5.66. The van der Waals surface area contributed by atoms with Crippen LogP contribution in [0.1, 0.15) is 24.6 Å². The van der Waals surface area contributed by atoms with Crippen LogP contribution in [0, 0.1) is 18.8 Å². The molecule has 0 saturated heterocycles. The number of allylic oxidation sites excluding steroid dienone is 2. The molecule has 0 amide bonds. The van der Waals surface area contributed by atoms with E-state index in [-0.39, 0.29) is 23.2 Å². The number of aliphatic imine (C=N–C) groups is 1. The first-order valence-electron chi connectivity index (χ1n) is 8.17. The van der Waals surface area contributed by atoms with Gasteiger partial charge in [0.1, 0.15) is 12.2 Å². The molecule has 1 N–H and O–H groups in total. The van der Waals surface area contributed by atoms with Crippen LogP contribution in [-0.2, 0) is 6.54 Å². The largest absolute Gasteiger partial charge is 0.774 e. The molecule has 3 rings (SSSR count). The molecule has 0 spiro atoms. The maximum absolute atomic E-state index is 14.4. The van der Waals surface area contributed by atoms with E-state index in [4.69, 9.17) is 0 Å². The number of rotatable bonds is 5. The van der Waals surface area contributed by atoms with Crippen molar-refractivity contribution in [3.05, 3.63) is 33.5 Å². The summed E-state index contributed by atoms with van der Waals surface area (Å²) in [6.07, 6.45) is 1.85. The minimum Gasteiger partial charge on any atom is -0.774 e. The van der Waals surface area contributed by atoms with Crippen LogP contribution in [0.2, 0.25) is 0 Å². The van der Waals surface area contributed by atoms with Crippen molar-refractivity contribution in [2.24, 2.45) is 4.99 Å². The lowest BCUT2D eigenvalue weighted by molar-refractivity contribution is -0.358. The molecule has 0 aliphatic carbocycles. The Bertz CT molecular complexity index is 1050. The van der Waals surface area contributed by atoms with Crippen molar-refractivity contribution >= 4 is 28.8 Å². The summed E-state index contributed by atoms with van der Waals surface area (Å²) in [6, 6.07) is 1.63. The highest BCUT2D eigenvalue weighted by Crippen LogP contribution is 2.23. The predicted octanol–water partition coefficient (Wildman–Crippen LogP) is -0.799. The van der Waals surface area contributed by atoms with Gasteiger partial charge in [-0.15, -0.1) is 4.55 Å². The number of halogens is 2. The van der Waals surface area contributed by atoms with Gasteiger partial charge in [0, 0.05) is 11.9 Å². The lowest BCUT2D eigenvalue weighted by Crippen LogP contribution is -3.36. The van der Waals surface area contributed by atoms with Crippen LogP contribution in [0.25, 0.3) is 16.6 Å². The average Bonchev–Trinajstić information content (AvgIpc) is 2.82. The molecule has 2 aromatic rings. The minimum atomic E-state index is -0.601. The predicted molar refractivity (Wildman–Crippen MR) is 96.5 cm³/mol. The molecule has 0 fully saturated rings. The Morgan fingerprint density at radius 1 is 1.42 bits per heavy atom. The van der Waals surface area contributed by atoms with E-state index >= 15 is 0 Å². The second-order valence-electron chi connectivity index (χ2n) is 5.69. The topological polar surface area (TPSA) is 72.2 Å². The first-order valence-corrected chi connectivity index (χ1v) is 9.70. The molecule has 0 unspecified atom stereocenters. The Balaban J connectivity index is 2.36. The summed E-state index contributed by atoms with van der Waals surface area (Å²) < 4.78 is 16.6. The molecule has 2 aromatic heterocycles. The van der Waals surface area contributed by atoms with Crippen LogP contribution in [0.15, 0.2) is 21.7 Å². The van der Waals surface area contributed by atoms with Gasteiger partial charge in [0.15, 0.2) is 5.83 Å². The number of hydrogen-bond acceptors (Lipinski definition) is 5. The van der Waals surface area contributed by atoms with Crippen LogP contribution >= 0.6 is 0 Å². The summed E-state index contributed by atoms with van der Waals surface area (Å²) >= 11 is 2.16. The fraction of sp³-hybridized carbons (Fsp3) is 0.333. The van der Waals surface area contributed by atoms with E-state index in [2.05, 4.69) is 54.7 Å². The monoisotopic (exact) mass is 465 g/mol. The number of pyridine rings is 1. The first-order chi connectivity index (χ1) is 12.6. The summed E-state index contributed by atoms with van der Waals surface area (Å²) in [5.41, 5.74) is 1.22. The van der Waals surface area contributed by atoms with Crippen molar-refractivity contribution in [2.75, 3.05) is 16.4 Å². The number of fused-ring (bicyclic) bond motifs is 1. The summed E-state index contributed by atoms with van der Waals surface area (Å²) in [4.78, 5) is 25.9. The molecular weight excluding hydrogens is 448 g/mol. The van der Waals surface area contributed by atoms with Gasteiger partial charge in [0.25, 0.3) is 5.56 Å². The molecule has 1 aliphatic heterocycles. The number of nitrogens with zero attached hydrogens (tertiary/aromatic N) is 4. The molecule has 0 aromatic carbocycles. The maximum atomic E-state index is 14.4. The van der Waals surface area contributed by atoms with E-state index in [0.29, 0.717) is 33.8 Å². The molecular formula is C18H17FIN5O-. The second kappa shape index (κ2) is 7.95. The zero-order chi connectivity index (χ0) is 18.7. The van der Waals surface area contributed by atoms with E-state index < -0.39 is 5.83 Å². The first kappa shape index (κ1) is 18.5. The van der Waals surface area contributed by atoms with Gasteiger partial charge < -0.3 is 27.9 Å². The van der Waals surface area contributed by atoms with Gasteiger partial charge in [-0.1, -0.05) is 18.8 Å². The number of anilines is 1. The highest BCUT2D eigenvalue weighted by Gasteiger charge is 2.18. The van der Waals surface area contributed by atoms with Gasteiger partial charge >= 0.3 is 0 Å². The van der Waals surface area contributed by atoms with E-state index in [9.17, 15) is 9.18 Å². The molecule has 26 heavy (non-hydrogen) atoms. The van der Waals surface area contributed by atoms with Gasteiger partial charge in [-0.25, -0.2) is 9.37 Å². The van der Waals surface area contributed by atoms with E-state index in [1.165, 1.54) is 0 Å². The van der Waals surface area contributed by atoms with E-state index in [1.807, 2.05) is 13.8 Å². The normalized spacial score (nSPS) is 13.5. The van der Waals surface area contributed by atoms with Crippen molar-refractivity contribution in [2.45, 2.75) is 26.8 Å². The molecule has 3 heterocycles. The fourth-order valence-corrected chi connectivity index (χ4v) is 3.10. The number of aryl methyl sites for hydroxylation is 2. The summed E-state index contributed by atoms with van der Waals surface area (Å²) in [5.74, 6) is 5.36. The fourth-order valence-electron chi connectivity index (χ4n) is 2.76. The van der Waals surface area contributed by atoms with Crippen LogP contribution < -0.4 is 33.5 Å². The maximum Gasteiger partial charge on any atom is 0.260 e. The molecule has 8 heteroatoms. The van der Waals surface area contributed by atoms with E-state index in [1.54, 1.807) is 10.6 Å². The van der Waals surface area contributed by atoms with Gasteiger partial charge in [0.05, 0.1) is 23.0 Å². The van der Waals surface area contributed by atoms with Crippen molar-refractivity contribution < 1.29 is 27.0 Å². The third kappa shape index (κ3) is 3.49. The smallest absolute Gasteiger partial charge is 0.260 e. The molecule has 6 nitrogen and oxygen atoms in total. The van der Waals surface area contributed by atoms with Gasteiger partial charge in [0.2, 0.25) is 5.95 Å². The molecule has 0 bridgehead atoms. The van der Waals surface area contributed by atoms with Crippen molar-refractivity contribution in [1.82, 2.24) is 14.5 Å². The van der Waals surface area contributed by atoms with Crippen molar-refractivity contribution in [1.29, 1.82) is 0 Å². The Morgan fingerprint density at radius 2 is 2.23 bits per heavy atom. The van der Waals surface area contributed by atoms with Gasteiger partial charge in [-0.3, -0.25) is 14.4 Å². The highest BCUT2D eigenvalue weighted by molar-refractivity contribution is 5.97. The average molecular weight is 465 g/mol. The standard InChI is InChI=1S/C18H17FIN5O/c1-3-7-25-16-13(11(2)23-18(24-16)22-10-20)8-14(17(25)26)12-5-4-6-21-9-15(12)19/h8-9H,3,6-7,10H2,1-2H3,(H,22,23,24)/q-1. The van der Waals surface area contributed by atoms with Crippen LogP contribution in [0.4, 0.5) is 10.3 Å². The quantitative estimate of drug-likeness (QED) is 0.272. The third-order valence-corrected chi connectivity index (χ3v) is 4.29. The summed E-state index contributed by atoms with van der Waals surface area (Å²) in [5, 5.41) is 3.77. The molecule has 1 radical (unpaired) electrons. The van der Waals surface area contributed by atoms with Crippen molar-refractivity contribution in [3.63, 3.8) is 0 Å². The van der Waals surface area contributed by atoms with Gasteiger partial charge in [-0.05, 0) is 19.4 Å². The lowest BCUT2D eigenvalue weighted by Gasteiger charge is -2.15. The Labute approximate surface area is 163 Å². The summed E-state index contributed by atoms with van der Waals surface area (Å²) in [7, 11) is 0. The number of nitrogens with one attached hydrogen (secondary N) is 1. The SMILES string of the molecule is CCCn1c(=O)c(C2=C(F)C=NCC#C2)cc2c(C)nc(NC[I-])nc21. The van der Waals surface area contributed by atoms with Crippen LogP contribution in [0.5, 0.6) is 0 Å². The highest BCUT2D eigenvalue weighted by atomic mass is 127. The van der Waals surface area contributed by atoms with Crippen LogP contribution in [0.3, 0.4) is 0 Å². The zero-order valence-electron chi connectivity index (χ0n) is 14.4. The Morgan fingerprint density at radius 3 is 2.96 bits per heavy atom. The number of hydrogen-bond donors (Lipinski definition) is 1.